The second-order valence-electron chi connectivity index (χ2n) is 4.66. The van der Waals surface area contributed by atoms with Gasteiger partial charge in [0, 0.05) is 6.54 Å². The van der Waals surface area contributed by atoms with Crippen molar-refractivity contribution in [3.63, 3.8) is 0 Å². The smallest absolute Gasteiger partial charge is 0.407 e. The van der Waals surface area contributed by atoms with Crippen LogP contribution in [0.5, 0.6) is 0 Å². The Bertz CT molecular complexity index is 245. The number of carboxylic acid groups (broad SMARTS) is 1. The first kappa shape index (κ1) is 14.7. The van der Waals surface area contributed by atoms with E-state index in [9.17, 15) is 9.59 Å². The quantitative estimate of drug-likeness (QED) is 0.759. The van der Waals surface area contributed by atoms with E-state index in [2.05, 4.69) is 5.32 Å². The third-order valence-corrected chi connectivity index (χ3v) is 2.00. The molecule has 0 fully saturated rings. The lowest BCUT2D eigenvalue weighted by Gasteiger charge is -2.20. The Morgan fingerprint density at radius 2 is 1.94 bits per heavy atom. The zero-order valence-corrected chi connectivity index (χ0v) is 10.4. The van der Waals surface area contributed by atoms with Crippen LogP contribution in [0.1, 0.15) is 40.5 Å². The first-order chi connectivity index (χ1) is 7.26. The third kappa shape index (κ3) is 7.09. The van der Waals surface area contributed by atoms with Gasteiger partial charge in [0.2, 0.25) is 0 Å². The second-order valence-corrected chi connectivity index (χ2v) is 4.66. The molecule has 0 heterocycles. The number of hydrogen-bond donors (Lipinski definition) is 2. The van der Waals surface area contributed by atoms with Crippen molar-refractivity contribution in [1.29, 1.82) is 0 Å². The molecular formula is C11H21NO4. The van der Waals surface area contributed by atoms with E-state index >= 15 is 0 Å². The minimum atomic E-state index is -0.825. The summed E-state index contributed by atoms with van der Waals surface area (Å²) in [5, 5.41) is 11.3. The Morgan fingerprint density at radius 1 is 1.38 bits per heavy atom. The van der Waals surface area contributed by atoms with Crippen LogP contribution >= 0.6 is 0 Å². The molecule has 0 aromatic carbocycles. The normalized spacial score (nSPS) is 13.0. The summed E-state index contributed by atoms with van der Waals surface area (Å²) in [4.78, 5) is 21.9. The summed E-state index contributed by atoms with van der Waals surface area (Å²) in [7, 11) is 0. The minimum absolute atomic E-state index is 0.319. The summed E-state index contributed by atoms with van der Waals surface area (Å²) in [6, 6.07) is 0. The van der Waals surface area contributed by atoms with E-state index in [1.165, 1.54) is 0 Å². The molecule has 0 spiro atoms. The zero-order chi connectivity index (χ0) is 12.8. The lowest BCUT2D eigenvalue weighted by atomic mass is 10.0. The fourth-order valence-electron chi connectivity index (χ4n) is 1.16. The van der Waals surface area contributed by atoms with E-state index in [4.69, 9.17) is 9.84 Å². The summed E-state index contributed by atoms with van der Waals surface area (Å²) in [6.45, 7) is 7.46. The average molecular weight is 231 g/mol. The van der Waals surface area contributed by atoms with Gasteiger partial charge in [0.1, 0.15) is 5.60 Å². The van der Waals surface area contributed by atoms with E-state index in [1.807, 2.05) is 6.92 Å². The van der Waals surface area contributed by atoms with Gasteiger partial charge in [-0.15, -0.1) is 0 Å². The predicted octanol–water partition coefficient (Wildman–Crippen LogP) is 2.01. The van der Waals surface area contributed by atoms with Gasteiger partial charge in [0.05, 0.1) is 5.92 Å². The molecule has 94 valence electrons. The van der Waals surface area contributed by atoms with Crippen LogP contribution in [-0.2, 0) is 9.53 Å². The summed E-state index contributed by atoms with van der Waals surface area (Å²) in [5.41, 5.74) is -0.527. The summed E-state index contributed by atoms with van der Waals surface area (Å²) in [6.07, 6.45) is 0.476. The van der Waals surface area contributed by atoms with Gasteiger partial charge in [-0.1, -0.05) is 6.92 Å². The predicted molar refractivity (Wildman–Crippen MR) is 60.3 cm³/mol. The van der Waals surface area contributed by atoms with Gasteiger partial charge in [-0.2, -0.15) is 0 Å². The maximum Gasteiger partial charge on any atom is 0.407 e. The van der Waals surface area contributed by atoms with Crippen LogP contribution in [0.4, 0.5) is 4.79 Å². The Hall–Kier alpha value is -1.26. The zero-order valence-electron chi connectivity index (χ0n) is 10.4. The van der Waals surface area contributed by atoms with E-state index in [-0.39, 0.29) is 0 Å². The first-order valence-electron chi connectivity index (χ1n) is 5.46. The van der Waals surface area contributed by atoms with E-state index in [0.29, 0.717) is 19.4 Å². The minimum Gasteiger partial charge on any atom is -0.481 e. The number of amides is 1. The maximum atomic E-state index is 11.2. The SMILES string of the molecule is CC[C@@H](CCNC(=O)OC(C)(C)C)C(=O)O. The fourth-order valence-corrected chi connectivity index (χ4v) is 1.16. The molecule has 0 saturated heterocycles. The second kappa shape index (κ2) is 6.35. The Kier molecular flexibility index (Phi) is 5.85. The van der Waals surface area contributed by atoms with Crippen molar-refractivity contribution >= 4 is 12.1 Å². The van der Waals surface area contributed by atoms with Crippen LogP contribution < -0.4 is 5.32 Å². The standard InChI is InChI=1S/C11H21NO4/c1-5-8(9(13)14)6-7-12-10(15)16-11(2,3)4/h8H,5-7H2,1-4H3,(H,12,15)(H,13,14)/t8-/m0/s1. The lowest BCUT2D eigenvalue weighted by molar-refractivity contribution is -0.142. The van der Waals surface area contributed by atoms with Crippen molar-refractivity contribution in [2.24, 2.45) is 5.92 Å². The van der Waals surface area contributed by atoms with Gasteiger partial charge in [-0.25, -0.2) is 4.79 Å². The molecule has 1 amide bonds. The van der Waals surface area contributed by atoms with Crippen molar-refractivity contribution in [3.05, 3.63) is 0 Å². The van der Waals surface area contributed by atoms with Gasteiger partial charge in [-0.05, 0) is 33.6 Å². The molecule has 16 heavy (non-hydrogen) atoms. The summed E-state index contributed by atoms with van der Waals surface area (Å²) in [5.74, 6) is -1.23. The summed E-state index contributed by atoms with van der Waals surface area (Å²) >= 11 is 0. The highest BCUT2D eigenvalue weighted by Crippen LogP contribution is 2.08. The van der Waals surface area contributed by atoms with Crippen LogP contribution in [0.15, 0.2) is 0 Å². The largest absolute Gasteiger partial charge is 0.481 e. The van der Waals surface area contributed by atoms with Crippen molar-refractivity contribution in [3.8, 4) is 0 Å². The van der Waals surface area contributed by atoms with Gasteiger partial charge in [-0.3, -0.25) is 4.79 Å². The van der Waals surface area contributed by atoms with E-state index in [1.54, 1.807) is 20.8 Å². The van der Waals surface area contributed by atoms with Crippen LogP contribution in [-0.4, -0.2) is 29.3 Å². The lowest BCUT2D eigenvalue weighted by Crippen LogP contribution is -2.34. The van der Waals surface area contributed by atoms with Crippen LogP contribution in [0.3, 0.4) is 0 Å². The molecule has 5 heteroatoms. The van der Waals surface area contributed by atoms with Crippen molar-refractivity contribution in [1.82, 2.24) is 5.32 Å². The number of carbonyl (C=O) groups is 2. The first-order valence-corrected chi connectivity index (χ1v) is 5.46. The number of carbonyl (C=O) groups excluding carboxylic acids is 1. The average Bonchev–Trinajstić information content (AvgIpc) is 2.08. The van der Waals surface area contributed by atoms with Gasteiger partial charge in [0.25, 0.3) is 0 Å². The Morgan fingerprint density at radius 3 is 2.31 bits per heavy atom. The number of nitrogens with one attached hydrogen (secondary N) is 1. The molecule has 0 rings (SSSR count). The number of alkyl carbamates (subject to hydrolysis) is 1. The van der Waals surface area contributed by atoms with Crippen molar-refractivity contribution in [2.75, 3.05) is 6.54 Å². The topological polar surface area (TPSA) is 75.6 Å². The number of aliphatic carboxylic acids is 1. The van der Waals surface area contributed by atoms with Crippen LogP contribution in [0.2, 0.25) is 0 Å². The highest BCUT2D eigenvalue weighted by molar-refractivity contribution is 5.70. The van der Waals surface area contributed by atoms with E-state index < -0.39 is 23.6 Å². The van der Waals surface area contributed by atoms with Crippen LogP contribution in [0, 0.1) is 5.92 Å². The fraction of sp³-hybridized carbons (Fsp3) is 0.818. The van der Waals surface area contributed by atoms with E-state index in [0.717, 1.165) is 0 Å². The van der Waals surface area contributed by atoms with Crippen molar-refractivity contribution in [2.45, 2.75) is 46.1 Å². The number of carboxylic acids is 1. The van der Waals surface area contributed by atoms with Gasteiger partial charge < -0.3 is 15.2 Å². The molecule has 5 nitrogen and oxygen atoms in total. The monoisotopic (exact) mass is 231 g/mol. The molecule has 0 saturated carbocycles. The summed E-state index contributed by atoms with van der Waals surface area (Å²) < 4.78 is 5.02. The highest BCUT2D eigenvalue weighted by atomic mass is 16.6. The Balaban J connectivity index is 3.81. The molecule has 0 unspecified atom stereocenters. The van der Waals surface area contributed by atoms with Gasteiger partial charge in [0.15, 0.2) is 0 Å². The van der Waals surface area contributed by atoms with Crippen molar-refractivity contribution < 1.29 is 19.4 Å². The number of hydrogen-bond acceptors (Lipinski definition) is 3. The molecule has 1 atom stereocenters. The molecule has 0 aliphatic carbocycles. The molecule has 0 aliphatic heterocycles. The molecule has 2 N–H and O–H groups in total. The number of ether oxygens (including phenoxy) is 1. The molecule has 0 aliphatic rings. The Labute approximate surface area is 96.2 Å². The molecule has 0 aromatic heterocycles. The van der Waals surface area contributed by atoms with Gasteiger partial charge >= 0.3 is 12.1 Å². The molecule has 0 radical (unpaired) electrons. The third-order valence-electron chi connectivity index (χ3n) is 2.00. The van der Waals surface area contributed by atoms with Crippen LogP contribution in [0.25, 0.3) is 0 Å². The highest BCUT2D eigenvalue weighted by Gasteiger charge is 2.17. The molecular weight excluding hydrogens is 210 g/mol. The maximum absolute atomic E-state index is 11.2. The number of rotatable bonds is 5. The molecule has 0 aromatic rings. The molecule has 0 bridgehead atoms.